The van der Waals surface area contributed by atoms with E-state index in [2.05, 4.69) is 0 Å². The summed E-state index contributed by atoms with van der Waals surface area (Å²) < 4.78 is 19.1. The summed E-state index contributed by atoms with van der Waals surface area (Å²) in [6, 6.07) is 15.7. The van der Waals surface area contributed by atoms with Gasteiger partial charge in [0, 0.05) is 24.1 Å². The van der Waals surface area contributed by atoms with Crippen molar-refractivity contribution in [3.05, 3.63) is 95.3 Å². The molecule has 2 heterocycles. The molecule has 4 amide bonds. The van der Waals surface area contributed by atoms with E-state index in [1.807, 2.05) is 0 Å². The van der Waals surface area contributed by atoms with Crippen LogP contribution in [0.1, 0.15) is 29.9 Å². The number of imide groups is 2. The molecule has 3 aromatic rings. The number of nitrogens with zero attached hydrogens (tertiary/aromatic N) is 2. The van der Waals surface area contributed by atoms with Crippen LogP contribution in [0.5, 0.6) is 17.2 Å². The molecular formula is C35H29Cl2FN2O7. The molecule has 2 aliphatic carbocycles. The summed E-state index contributed by atoms with van der Waals surface area (Å²) in [5, 5.41) is 20.9. The molecule has 2 saturated heterocycles. The minimum absolute atomic E-state index is 0.0657. The van der Waals surface area contributed by atoms with Crippen molar-refractivity contribution in [3.63, 3.8) is 0 Å². The summed E-state index contributed by atoms with van der Waals surface area (Å²) in [7, 11) is 1.43. The Labute approximate surface area is 279 Å². The highest BCUT2D eigenvalue weighted by Crippen LogP contribution is 2.66. The van der Waals surface area contributed by atoms with Crippen LogP contribution in [0, 0.1) is 23.6 Å². The molecule has 12 heteroatoms. The number of amides is 4. The van der Waals surface area contributed by atoms with Gasteiger partial charge in [0.25, 0.3) is 11.8 Å². The van der Waals surface area contributed by atoms with Crippen molar-refractivity contribution in [1.82, 2.24) is 4.90 Å². The quantitative estimate of drug-likeness (QED) is 0.212. The van der Waals surface area contributed by atoms with Gasteiger partial charge in [-0.25, -0.2) is 9.29 Å². The van der Waals surface area contributed by atoms with Gasteiger partial charge in [-0.1, -0.05) is 29.8 Å². The van der Waals surface area contributed by atoms with E-state index in [0.717, 1.165) is 22.6 Å². The van der Waals surface area contributed by atoms with Gasteiger partial charge in [0.15, 0.2) is 9.75 Å². The fraction of sp³-hybridized carbons (Fsp3) is 0.314. The average molecular weight is 680 g/mol. The first-order valence-electron chi connectivity index (χ1n) is 15.1. The van der Waals surface area contributed by atoms with Crippen molar-refractivity contribution >= 4 is 52.5 Å². The molecule has 0 radical (unpaired) electrons. The third-order valence-corrected chi connectivity index (χ3v) is 11.5. The van der Waals surface area contributed by atoms with E-state index in [-0.39, 0.29) is 48.0 Å². The highest BCUT2D eigenvalue weighted by Gasteiger charge is 2.76. The van der Waals surface area contributed by atoms with Gasteiger partial charge in [0.1, 0.15) is 23.1 Å². The minimum atomic E-state index is -2.16. The number of methoxy groups -OCH3 is 1. The third kappa shape index (κ3) is 4.48. The molecule has 6 atom stereocenters. The van der Waals surface area contributed by atoms with Crippen LogP contribution in [0.2, 0.25) is 0 Å². The fourth-order valence-electron chi connectivity index (χ4n) is 7.83. The van der Waals surface area contributed by atoms with Crippen molar-refractivity contribution in [2.75, 3.05) is 18.6 Å². The van der Waals surface area contributed by atoms with Gasteiger partial charge in [-0.15, -0.1) is 23.2 Å². The first kappa shape index (κ1) is 31.2. The number of halogens is 3. The van der Waals surface area contributed by atoms with Crippen molar-refractivity contribution in [3.8, 4) is 17.2 Å². The van der Waals surface area contributed by atoms with Crippen molar-refractivity contribution < 1.29 is 38.5 Å². The van der Waals surface area contributed by atoms with E-state index in [1.54, 1.807) is 30.3 Å². The average Bonchev–Trinajstić information content (AvgIpc) is 3.39. The molecule has 47 heavy (non-hydrogen) atoms. The van der Waals surface area contributed by atoms with Gasteiger partial charge in [-0.2, -0.15) is 0 Å². The second-order valence-electron chi connectivity index (χ2n) is 12.4. The monoisotopic (exact) mass is 678 g/mol. The van der Waals surface area contributed by atoms with Gasteiger partial charge in [-0.3, -0.25) is 24.1 Å². The topological polar surface area (TPSA) is 124 Å². The third-order valence-electron chi connectivity index (χ3n) is 10.1. The lowest BCUT2D eigenvalue weighted by Crippen LogP contribution is -2.60. The zero-order valence-electron chi connectivity index (χ0n) is 25.0. The maximum Gasteiger partial charge on any atom is 0.258 e. The number of hydrogen-bond acceptors (Lipinski definition) is 7. The van der Waals surface area contributed by atoms with Gasteiger partial charge in [0.2, 0.25) is 11.8 Å². The lowest BCUT2D eigenvalue weighted by atomic mass is 9.56. The van der Waals surface area contributed by atoms with E-state index in [0.29, 0.717) is 17.7 Å². The Morgan fingerprint density at radius 2 is 1.62 bits per heavy atom. The normalized spacial score (nSPS) is 29.8. The van der Waals surface area contributed by atoms with Crippen LogP contribution in [0.4, 0.5) is 10.1 Å². The molecule has 0 aromatic heterocycles. The number of anilines is 1. The molecule has 3 aromatic carbocycles. The molecule has 2 N–H and O–H groups in total. The number of allylic oxidation sites excluding steroid dienone is 2. The second kappa shape index (κ2) is 11.1. The number of benzene rings is 3. The number of hydrogen-bond donors (Lipinski definition) is 2. The van der Waals surface area contributed by atoms with Gasteiger partial charge in [0.05, 0.1) is 24.6 Å². The van der Waals surface area contributed by atoms with Crippen molar-refractivity contribution in [2.24, 2.45) is 17.8 Å². The maximum absolute atomic E-state index is 14.4. The van der Waals surface area contributed by atoms with Crippen LogP contribution < -0.4 is 9.64 Å². The summed E-state index contributed by atoms with van der Waals surface area (Å²) in [4.78, 5) is 54.3. The van der Waals surface area contributed by atoms with Crippen LogP contribution in [-0.2, 0) is 25.6 Å². The first-order valence-corrected chi connectivity index (χ1v) is 15.9. The van der Waals surface area contributed by atoms with Crippen molar-refractivity contribution in [1.29, 1.82) is 0 Å². The van der Waals surface area contributed by atoms with Crippen LogP contribution in [-0.4, -0.2) is 62.1 Å². The number of ether oxygens (including phenoxy) is 1. The van der Waals surface area contributed by atoms with Gasteiger partial charge < -0.3 is 14.9 Å². The Balaban J connectivity index is 1.32. The zero-order chi connectivity index (χ0) is 33.4. The second-order valence-corrected chi connectivity index (χ2v) is 13.7. The Hall–Kier alpha value is -4.41. The Morgan fingerprint density at radius 3 is 2.28 bits per heavy atom. The van der Waals surface area contributed by atoms with E-state index >= 15 is 0 Å². The van der Waals surface area contributed by atoms with Crippen LogP contribution in [0.3, 0.4) is 0 Å². The van der Waals surface area contributed by atoms with Gasteiger partial charge >= 0.3 is 0 Å². The summed E-state index contributed by atoms with van der Waals surface area (Å²) in [5.74, 6) is -6.40. The smallest absolute Gasteiger partial charge is 0.258 e. The molecule has 242 valence electrons. The zero-order valence-corrected chi connectivity index (χ0v) is 26.5. The summed E-state index contributed by atoms with van der Waals surface area (Å²) in [6.45, 7) is 0.113. The molecule has 0 spiro atoms. The summed E-state index contributed by atoms with van der Waals surface area (Å²) in [6.07, 6.45) is 2.10. The Morgan fingerprint density at radius 1 is 0.915 bits per heavy atom. The lowest BCUT2D eigenvalue weighted by Gasteiger charge is -2.50. The molecule has 7 rings (SSSR count). The van der Waals surface area contributed by atoms with Crippen LogP contribution in [0.25, 0.3) is 0 Å². The molecule has 2 aliphatic heterocycles. The predicted octanol–water partition coefficient (Wildman–Crippen LogP) is 5.05. The standard InChI is InChI=1S/C35H29Cl2FN2O7/c1-47-22-10-11-24(27(42)16-22)29-23-12-13-25-28(31(44)39(30(25)43)15-14-18-2-8-21(41)9-3-18)26(23)17-34(36)32(45)40(33(46)35(29,34)37)20-6-4-19(38)5-7-20/h2-12,16,25-26,28-29,41-42H,13-15,17H2,1H3/t25-,26+,28-,29+,34+,35-/m0/s1. The number of rotatable bonds is 6. The molecule has 3 fully saturated rings. The fourth-order valence-corrected chi connectivity index (χ4v) is 8.75. The number of carbonyl (C=O) groups is 4. The Bertz CT molecular complexity index is 1870. The number of fused-ring (bicyclic) bond motifs is 4. The molecule has 1 saturated carbocycles. The molecule has 0 bridgehead atoms. The van der Waals surface area contributed by atoms with E-state index in [1.165, 1.54) is 42.3 Å². The van der Waals surface area contributed by atoms with Gasteiger partial charge in [-0.05, 0) is 73.2 Å². The maximum atomic E-state index is 14.4. The number of aromatic hydroxyl groups is 2. The van der Waals surface area contributed by atoms with Crippen molar-refractivity contribution in [2.45, 2.75) is 34.9 Å². The number of carbonyl (C=O) groups excluding carboxylic acids is 4. The molecule has 4 aliphatic rings. The molecule has 9 nitrogen and oxygen atoms in total. The molecule has 0 unspecified atom stereocenters. The number of alkyl halides is 2. The van der Waals surface area contributed by atoms with E-state index in [4.69, 9.17) is 27.9 Å². The van der Waals surface area contributed by atoms with E-state index < -0.39 is 57.0 Å². The predicted molar refractivity (Wildman–Crippen MR) is 170 cm³/mol. The van der Waals surface area contributed by atoms with E-state index in [9.17, 15) is 33.8 Å². The Kier molecular flexibility index (Phi) is 7.37. The first-order chi connectivity index (χ1) is 22.4. The highest BCUT2D eigenvalue weighted by molar-refractivity contribution is 6.58. The molecular weight excluding hydrogens is 650 g/mol. The number of phenols is 2. The number of phenolic OH excluding ortho intramolecular Hbond substituents is 2. The largest absolute Gasteiger partial charge is 0.508 e. The SMILES string of the molecule is COc1ccc([C@H]2C3=CC[C@@H]4C(=O)N(CCc5ccc(O)cc5)C(=O)[C@@H]4[C@@H]3C[C@@]3(Cl)C(=O)N(c4ccc(F)cc4)C(=O)[C@@]23Cl)c(O)c1. The van der Waals surface area contributed by atoms with Crippen LogP contribution in [0.15, 0.2) is 78.4 Å². The highest BCUT2D eigenvalue weighted by atomic mass is 35.5. The lowest BCUT2D eigenvalue weighted by molar-refractivity contribution is -0.140. The summed E-state index contributed by atoms with van der Waals surface area (Å²) >= 11 is 14.7. The minimum Gasteiger partial charge on any atom is -0.508 e. The van der Waals surface area contributed by atoms with Crippen LogP contribution >= 0.6 is 23.2 Å². The number of likely N-dealkylation sites (tertiary alicyclic amines) is 1. The summed E-state index contributed by atoms with van der Waals surface area (Å²) in [5.41, 5.74) is 1.62.